The standard InChI is InChI=1S/C48H41N3O/c1-48(2)39-25-13-15-27-41(39)50(42-28-16-14-26-40(42)48)35-30-37-36-24-12-17-29-43(36)52-47(37)38(31-35)44-45(32-18-6-3-7-19-32)49-51(34-22-10-5-11-23-34)46(44)33-20-8-4-9-21-33/h3-15,17-27,29-31,44-46,49H,16,28H2,1-2H3. The summed E-state index contributed by atoms with van der Waals surface area (Å²) in [5.41, 5.74) is 17.2. The number of anilines is 3. The van der Waals surface area contributed by atoms with Gasteiger partial charge in [0, 0.05) is 44.7 Å². The first-order valence-electron chi connectivity index (χ1n) is 18.5. The van der Waals surface area contributed by atoms with E-state index in [1.165, 1.54) is 44.9 Å². The van der Waals surface area contributed by atoms with E-state index in [-0.39, 0.29) is 23.4 Å². The molecule has 0 radical (unpaired) electrons. The van der Waals surface area contributed by atoms with Gasteiger partial charge in [0.05, 0.1) is 17.8 Å². The third-order valence-corrected chi connectivity index (χ3v) is 11.6. The maximum Gasteiger partial charge on any atom is 0.139 e. The minimum absolute atomic E-state index is 0.0100. The van der Waals surface area contributed by atoms with Crippen molar-refractivity contribution in [3.8, 4) is 0 Å². The highest BCUT2D eigenvalue weighted by molar-refractivity contribution is 6.08. The number of rotatable bonds is 5. The van der Waals surface area contributed by atoms with Gasteiger partial charge < -0.3 is 9.32 Å². The van der Waals surface area contributed by atoms with Gasteiger partial charge in [-0.05, 0) is 71.5 Å². The zero-order valence-corrected chi connectivity index (χ0v) is 29.5. The van der Waals surface area contributed by atoms with E-state index in [1.54, 1.807) is 0 Å². The number of para-hydroxylation sites is 3. The van der Waals surface area contributed by atoms with Gasteiger partial charge >= 0.3 is 0 Å². The molecule has 1 N–H and O–H groups in total. The molecule has 7 aromatic rings. The average Bonchev–Trinajstić information content (AvgIpc) is 3.79. The molecule has 52 heavy (non-hydrogen) atoms. The highest BCUT2D eigenvalue weighted by atomic mass is 16.3. The molecule has 6 aromatic carbocycles. The summed E-state index contributed by atoms with van der Waals surface area (Å²) in [6.45, 7) is 4.76. The van der Waals surface area contributed by atoms with E-state index < -0.39 is 0 Å². The van der Waals surface area contributed by atoms with Crippen molar-refractivity contribution in [3.63, 3.8) is 0 Å². The van der Waals surface area contributed by atoms with Crippen molar-refractivity contribution < 1.29 is 4.42 Å². The van der Waals surface area contributed by atoms with Crippen molar-refractivity contribution in [2.75, 3.05) is 9.91 Å². The highest BCUT2D eigenvalue weighted by Gasteiger charge is 2.46. The summed E-state index contributed by atoms with van der Waals surface area (Å²) in [5, 5.41) is 4.68. The van der Waals surface area contributed by atoms with Crippen LogP contribution in [0.2, 0.25) is 0 Å². The Hall–Kier alpha value is -5.84. The second kappa shape index (κ2) is 12.1. The number of nitrogens with zero attached hydrogens (tertiary/aromatic N) is 2. The minimum atomic E-state index is -0.100. The normalized spacial score (nSPS) is 20.8. The van der Waals surface area contributed by atoms with Crippen LogP contribution in [0.3, 0.4) is 0 Å². The Balaban J connectivity index is 1.28. The molecule has 3 atom stereocenters. The quantitative estimate of drug-likeness (QED) is 0.197. The van der Waals surface area contributed by atoms with Crippen LogP contribution in [-0.4, -0.2) is 0 Å². The molecule has 3 unspecified atom stereocenters. The smallest absolute Gasteiger partial charge is 0.139 e. The molecule has 0 amide bonds. The second-order valence-electron chi connectivity index (χ2n) is 14.9. The lowest BCUT2D eigenvalue weighted by molar-refractivity contribution is 0.546. The number of allylic oxidation sites excluding steroid dienone is 4. The topological polar surface area (TPSA) is 31.6 Å². The predicted octanol–water partition coefficient (Wildman–Crippen LogP) is 12.2. The van der Waals surface area contributed by atoms with E-state index in [2.05, 4.69) is 193 Å². The molecule has 254 valence electrons. The molecule has 0 spiro atoms. The van der Waals surface area contributed by atoms with Crippen molar-refractivity contribution in [1.82, 2.24) is 5.43 Å². The number of hydrogen-bond acceptors (Lipinski definition) is 4. The van der Waals surface area contributed by atoms with Crippen molar-refractivity contribution in [3.05, 3.63) is 197 Å². The first-order valence-corrected chi connectivity index (χ1v) is 18.5. The summed E-state index contributed by atoms with van der Waals surface area (Å²) in [6.07, 6.45) is 6.75. The molecule has 1 fully saturated rings. The average molecular weight is 676 g/mol. The fourth-order valence-electron chi connectivity index (χ4n) is 9.23. The highest BCUT2D eigenvalue weighted by Crippen LogP contribution is 2.55. The lowest BCUT2D eigenvalue weighted by Gasteiger charge is -2.44. The molecule has 3 aliphatic rings. The van der Waals surface area contributed by atoms with Crippen molar-refractivity contribution >= 4 is 39.0 Å². The Bertz CT molecular complexity index is 2500. The molecule has 4 nitrogen and oxygen atoms in total. The summed E-state index contributed by atoms with van der Waals surface area (Å²) in [5.74, 6) is -0.0100. The Labute approximate surface area is 305 Å². The summed E-state index contributed by atoms with van der Waals surface area (Å²) in [6, 6.07) is 55.0. The Morgan fingerprint density at radius 3 is 2.13 bits per heavy atom. The molecule has 10 rings (SSSR count). The van der Waals surface area contributed by atoms with Crippen LogP contribution in [0.1, 0.15) is 66.9 Å². The molecular weight excluding hydrogens is 635 g/mol. The van der Waals surface area contributed by atoms with Crippen molar-refractivity contribution in [2.45, 2.75) is 50.1 Å². The number of benzene rings is 6. The van der Waals surface area contributed by atoms with E-state index >= 15 is 0 Å². The molecule has 1 saturated heterocycles. The van der Waals surface area contributed by atoms with Gasteiger partial charge in [0.25, 0.3) is 0 Å². The number of nitrogens with one attached hydrogen (secondary N) is 1. The molecule has 0 bridgehead atoms. The summed E-state index contributed by atoms with van der Waals surface area (Å²) in [4.78, 5) is 2.57. The zero-order chi connectivity index (χ0) is 34.8. The first kappa shape index (κ1) is 30.9. The second-order valence-corrected chi connectivity index (χ2v) is 14.9. The Kier molecular flexibility index (Phi) is 7.23. The lowest BCUT2D eigenvalue weighted by atomic mass is 9.71. The molecule has 2 aliphatic heterocycles. The van der Waals surface area contributed by atoms with Gasteiger partial charge in [-0.2, -0.15) is 0 Å². The monoisotopic (exact) mass is 675 g/mol. The van der Waals surface area contributed by atoms with Crippen LogP contribution >= 0.6 is 0 Å². The van der Waals surface area contributed by atoms with Crippen molar-refractivity contribution in [1.29, 1.82) is 0 Å². The van der Waals surface area contributed by atoms with E-state index in [4.69, 9.17) is 4.42 Å². The number of furan rings is 1. The zero-order valence-electron chi connectivity index (χ0n) is 29.5. The first-order chi connectivity index (χ1) is 25.6. The molecule has 4 heteroatoms. The molecular formula is C48H41N3O. The van der Waals surface area contributed by atoms with Gasteiger partial charge in [-0.15, -0.1) is 0 Å². The predicted molar refractivity (Wildman–Crippen MR) is 214 cm³/mol. The summed E-state index contributed by atoms with van der Waals surface area (Å²) in [7, 11) is 0. The van der Waals surface area contributed by atoms with Gasteiger partial charge in [-0.25, -0.2) is 5.43 Å². The van der Waals surface area contributed by atoms with Crippen LogP contribution in [0.4, 0.5) is 17.1 Å². The Morgan fingerprint density at radius 1 is 0.673 bits per heavy atom. The number of fused-ring (bicyclic) bond motifs is 4. The maximum atomic E-state index is 6.97. The van der Waals surface area contributed by atoms with E-state index in [1.807, 2.05) is 0 Å². The van der Waals surface area contributed by atoms with E-state index in [0.717, 1.165) is 40.5 Å². The summed E-state index contributed by atoms with van der Waals surface area (Å²) < 4.78 is 6.97. The van der Waals surface area contributed by atoms with Crippen LogP contribution in [-0.2, 0) is 5.41 Å². The van der Waals surface area contributed by atoms with Crippen molar-refractivity contribution in [2.24, 2.45) is 0 Å². The van der Waals surface area contributed by atoms with Crippen LogP contribution in [0.5, 0.6) is 0 Å². The van der Waals surface area contributed by atoms with Gasteiger partial charge in [0.15, 0.2) is 0 Å². The molecule has 1 aromatic heterocycles. The van der Waals surface area contributed by atoms with Crippen LogP contribution in [0.15, 0.2) is 179 Å². The van der Waals surface area contributed by atoms with E-state index in [0.29, 0.717) is 0 Å². The maximum absolute atomic E-state index is 6.97. The fourth-order valence-corrected chi connectivity index (χ4v) is 9.23. The van der Waals surface area contributed by atoms with E-state index in [9.17, 15) is 0 Å². The third-order valence-electron chi connectivity index (χ3n) is 11.6. The third kappa shape index (κ3) is 4.78. The molecule has 1 aliphatic carbocycles. The SMILES string of the molecule is CC1(C)C2=C(CCC=C2)N(c2cc(C3C(c4ccccc4)NN(c4ccccc4)C3c3ccccc3)c3oc4ccccc4c3c2)c2ccccc21. The number of hydrazine groups is 1. The molecule has 0 saturated carbocycles. The lowest BCUT2D eigenvalue weighted by Crippen LogP contribution is -2.34. The largest absolute Gasteiger partial charge is 0.456 e. The minimum Gasteiger partial charge on any atom is -0.456 e. The van der Waals surface area contributed by atoms with Gasteiger partial charge in [0.1, 0.15) is 11.2 Å². The molecule has 3 heterocycles. The van der Waals surface area contributed by atoms with Gasteiger partial charge in [0.2, 0.25) is 0 Å². The van der Waals surface area contributed by atoms with Gasteiger partial charge in [-0.3, -0.25) is 5.01 Å². The number of hydrogen-bond donors (Lipinski definition) is 1. The van der Waals surface area contributed by atoms with Gasteiger partial charge in [-0.1, -0.05) is 141 Å². The van der Waals surface area contributed by atoms with Crippen LogP contribution in [0, 0.1) is 0 Å². The van der Waals surface area contributed by atoms with Crippen LogP contribution < -0.4 is 15.3 Å². The fraction of sp³-hybridized carbons (Fsp3) is 0.167. The Morgan fingerprint density at radius 2 is 1.35 bits per heavy atom. The van der Waals surface area contributed by atoms with Crippen LogP contribution in [0.25, 0.3) is 21.9 Å². The summed E-state index contributed by atoms with van der Waals surface area (Å²) >= 11 is 0.